The van der Waals surface area contributed by atoms with Gasteiger partial charge in [0.2, 0.25) is 0 Å². The SMILES string of the molecule is Cc1ccc(NCCN(CCO)CCNC2CCNc3ccccc32)c2c(=O)c3ccccc3sc12. The van der Waals surface area contributed by atoms with Gasteiger partial charge in [-0.1, -0.05) is 36.4 Å². The van der Waals surface area contributed by atoms with Crippen LogP contribution in [-0.4, -0.2) is 55.9 Å². The maximum absolute atomic E-state index is 13.4. The lowest BCUT2D eigenvalue weighted by Crippen LogP contribution is -2.39. The minimum Gasteiger partial charge on any atom is -0.395 e. The van der Waals surface area contributed by atoms with E-state index >= 15 is 0 Å². The molecule has 3 aromatic carbocycles. The van der Waals surface area contributed by atoms with Crippen LogP contribution in [0.5, 0.6) is 0 Å². The molecule has 1 aromatic heterocycles. The number of nitrogens with zero attached hydrogens (tertiary/aromatic N) is 1. The van der Waals surface area contributed by atoms with Crippen LogP contribution >= 0.6 is 11.3 Å². The summed E-state index contributed by atoms with van der Waals surface area (Å²) in [6, 6.07) is 20.8. The minimum absolute atomic E-state index is 0.0872. The van der Waals surface area contributed by atoms with Crippen LogP contribution in [-0.2, 0) is 0 Å². The first-order valence-electron chi connectivity index (χ1n) is 12.7. The van der Waals surface area contributed by atoms with Crippen molar-refractivity contribution >= 4 is 42.9 Å². The molecule has 0 aliphatic carbocycles. The maximum atomic E-state index is 13.4. The van der Waals surface area contributed by atoms with E-state index < -0.39 is 0 Å². The van der Waals surface area contributed by atoms with Crippen LogP contribution in [0, 0.1) is 6.92 Å². The Morgan fingerprint density at radius 2 is 1.83 bits per heavy atom. The zero-order chi connectivity index (χ0) is 24.9. The Labute approximate surface area is 216 Å². The normalized spacial score (nSPS) is 15.2. The van der Waals surface area contributed by atoms with Gasteiger partial charge in [0.15, 0.2) is 5.43 Å². The molecule has 0 radical (unpaired) electrons. The predicted octanol–water partition coefficient (Wildman–Crippen LogP) is 4.58. The molecule has 0 amide bonds. The molecular weight excluding hydrogens is 468 g/mol. The molecule has 0 saturated carbocycles. The number of hydrogen-bond acceptors (Lipinski definition) is 7. The van der Waals surface area contributed by atoms with E-state index in [4.69, 9.17) is 0 Å². The van der Waals surface area contributed by atoms with E-state index in [1.807, 2.05) is 30.3 Å². The number of benzene rings is 3. The fourth-order valence-electron chi connectivity index (χ4n) is 5.08. The van der Waals surface area contributed by atoms with Gasteiger partial charge in [0.1, 0.15) is 0 Å². The molecular formula is C29H34N4O2S. The van der Waals surface area contributed by atoms with E-state index in [0.717, 1.165) is 64.0 Å². The first kappa shape index (κ1) is 24.7. The molecule has 1 aliphatic heterocycles. The number of nitrogens with one attached hydrogen (secondary N) is 3. The molecule has 0 fully saturated rings. The highest BCUT2D eigenvalue weighted by Gasteiger charge is 2.19. The summed E-state index contributed by atoms with van der Waals surface area (Å²) in [6.45, 7) is 6.97. The quantitative estimate of drug-likeness (QED) is 0.238. The minimum atomic E-state index is 0.0872. The average Bonchev–Trinajstić information content (AvgIpc) is 2.90. The molecule has 0 spiro atoms. The van der Waals surface area contributed by atoms with Gasteiger partial charge in [-0.2, -0.15) is 0 Å². The largest absolute Gasteiger partial charge is 0.395 e. The van der Waals surface area contributed by atoms with Crippen molar-refractivity contribution in [2.75, 3.05) is 56.5 Å². The molecule has 4 N–H and O–H groups in total. The zero-order valence-corrected chi connectivity index (χ0v) is 21.5. The number of aliphatic hydroxyl groups excluding tert-OH is 1. The van der Waals surface area contributed by atoms with Gasteiger partial charge in [-0.05, 0) is 48.7 Å². The lowest BCUT2D eigenvalue weighted by molar-refractivity contribution is 0.199. The third-order valence-corrected chi connectivity index (χ3v) is 8.29. The number of fused-ring (bicyclic) bond motifs is 3. The van der Waals surface area contributed by atoms with Crippen molar-refractivity contribution < 1.29 is 5.11 Å². The van der Waals surface area contributed by atoms with Gasteiger partial charge in [-0.15, -0.1) is 11.3 Å². The fourth-order valence-corrected chi connectivity index (χ4v) is 6.25. The van der Waals surface area contributed by atoms with Crippen molar-refractivity contribution in [3.63, 3.8) is 0 Å². The second kappa shape index (κ2) is 11.4. The first-order valence-corrected chi connectivity index (χ1v) is 13.6. The monoisotopic (exact) mass is 502 g/mol. The number of rotatable bonds is 10. The van der Waals surface area contributed by atoms with E-state index in [1.165, 1.54) is 11.3 Å². The van der Waals surface area contributed by atoms with Crippen molar-refractivity contribution in [1.29, 1.82) is 0 Å². The van der Waals surface area contributed by atoms with Crippen molar-refractivity contribution in [3.8, 4) is 0 Å². The number of anilines is 2. The first-order chi connectivity index (χ1) is 17.7. The summed E-state index contributed by atoms with van der Waals surface area (Å²) in [7, 11) is 0. The highest BCUT2D eigenvalue weighted by Crippen LogP contribution is 2.32. The molecule has 0 saturated heterocycles. The Kier molecular flexibility index (Phi) is 7.82. The summed E-state index contributed by atoms with van der Waals surface area (Å²) in [6.07, 6.45) is 1.06. The van der Waals surface area contributed by atoms with Crippen molar-refractivity contribution in [2.45, 2.75) is 19.4 Å². The second-order valence-electron chi connectivity index (χ2n) is 9.36. The zero-order valence-electron chi connectivity index (χ0n) is 20.7. The molecule has 4 aromatic rings. The van der Waals surface area contributed by atoms with E-state index in [-0.39, 0.29) is 12.0 Å². The molecule has 6 nitrogen and oxygen atoms in total. The summed E-state index contributed by atoms with van der Waals surface area (Å²) >= 11 is 1.68. The van der Waals surface area contributed by atoms with Crippen LogP contribution in [0.4, 0.5) is 11.4 Å². The van der Waals surface area contributed by atoms with Crippen LogP contribution in [0.25, 0.3) is 20.2 Å². The van der Waals surface area contributed by atoms with Gasteiger partial charge in [-0.25, -0.2) is 0 Å². The second-order valence-corrected chi connectivity index (χ2v) is 10.4. The van der Waals surface area contributed by atoms with Crippen molar-refractivity contribution in [3.05, 3.63) is 82.0 Å². The lowest BCUT2D eigenvalue weighted by Gasteiger charge is -2.29. The van der Waals surface area contributed by atoms with E-state index in [9.17, 15) is 9.90 Å². The molecule has 188 valence electrons. The van der Waals surface area contributed by atoms with Gasteiger partial charge in [0.05, 0.1) is 12.0 Å². The summed E-state index contributed by atoms with van der Waals surface area (Å²) in [4.78, 5) is 15.6. The molecule has 1 atom stereocenters. The van der Waals surface area contributed by atoms with Crippen LogP contribution in [0.2, 0.25) is 0 Å². The van der Waals surface area contributed by atoms with Crippen LogP contribution in [0.15, 0.2) is 65.5 Å². The van der Waals surface area contributed by atoms with Crippen molar-refractivity contribution in [2.24, 2.45) is 0 Å². The molecule has 1 aliphatic rings. The molecule has 2 heterocycles. The van der Waals surface area contributed by atoms with Crippen LogP contribution in [0.1, 0.15) is 23.6 Å². The number of hydrogen-bond donors (Lipinski definition) is 4. The molecule has 1 unspecified atom stereocenters. The fraction of sp³-hybridized carbons (Fsp3) is 0.345. The Hall–Kier alpha value is -2.97. The molecule has 0 bridgehead atoms. The maximum Gasteiger partial charge on any atom is 0.197 e. The smallest absolute Gasteiger partial charge is 0.197 e. The average molecular weight is 503 g/mol. The van der Waals surface area contributed by atoms with E-state index in [2.05, 4.69) is 58.1 Å². The predicted molar refractivity (Wildman–Crippen MR) is 153 cm³/mol. The standard InChI is InChI=1S/C29H34N4O2S/c1-20-10-11-25(27-28(35)22-7-3-5-9-26(22)36-29(20)27)32-15-17-33(18-19-34)16-14-31-24-12-13-30-23-8-4-2-6-21(23)24/h2-11,24,30-32,34H,12-19H2,1H3. The number of aliphatic hydroxyl groups is 1. The Morgan fingerprint density at radius 1 is 1.03 bits per heavy atom. The molecule has 36 heavy (non-hydrogen) atoms. The highest BCUT2D eigenvalue weighted by molar-refractivity contribution is 7.24. The topological polar surface area (TPSA) is 76.6 Å². The summed E-state index contributed by atoms with van der Waals surface area (Å²) < 4.78 is 2.07. The van der Waals surface area contributed by atoms with E-state index in [1.54, 1.807) is 11.3 Å². The number of aryl methyl sites for hydroxylation is 1. The number of para-hydroxylation sites is 1. The summed E-state index contributed by atoms with van der Waals surface area (Å²) in [5, 5.41) is 21.9. The van der Waals surface area contributed by atoms with Gasteiger partial charge in [-0.3, -0.25) is 9.69 Å². The third kappa shape index (κ3) is 5.25. The Bertz CT molecular complexity index is 1400. The Morgan fingerprint density at radius 3 is 2.72 bits per heavy atom. The molecule has 5 rings (SSSR count). The van der Waals surface area contributed by atoms with Crippen LogP contribution in [0.3, 0.4) is 0 Å². The Balaban J connectivity index is 1.23. The summed E-state index contributed by atoms with van der Waals surface area (Å²) in [5.41, 5.74) is 4.64. The van der Waals surface area contributed by atoms with Gasteiger partial charge < -0.3 is 21.1 Å². The lowest BCUT2D eigenvalue weighted by atomic mass is 9.98. The van der Waals surface area contributed by atoms with Crippen LogP contribution < -0.4 is 21.4 Å². The highest BCUT2D eigenvalue weighted by atomic mass is 32.1. The van der Waals surface area contributed by atoms with Gasteiger partial charge in [0, 0.05) is 71.5 Å². The van der Waals surface area contributed by atoms with E-state index in [0.29, 0.717) is 19.1 Å². The van der Waals surface area contributed by atoms with Crippen molar-refractivity contribution in [1.82, 2.24) is 10.2 Å². The summed E-state index contributed by atoms with van der Waals surface area (Å²) in [5.74, 6) is 0. The van der Waals surface area contributed by atoms with Gasteiger partial charge in [0.25, 0.3) is 0 Å². The molecule has 7 heteroatoms. The van der Waals surface area contributed by atoms with Gasteiger partial charge >= 0.3 is 0 Å². The third-order valence-electron chi connectivity index (χ3n) is 6.99.